The van der Waals surface area contributed by atoms with Crippen molar-refractivity contribution in [1.29, 1.82) is 0 Å². The van der Waals surface area contributed by atoms with Gasteiger partial charge in [-0.15, -0.1) is 0 Å². The first-order valence-corrected chi connectivity index (χ1v) is 13.7. The summed E-state index contributed by atoms with van der Waals surface area (Å²) in [4.78, 5) is 2.52. The molecule has 6 nitrogen and oxygen atoms in total. The summed E-state index contributed by atoms with van der Waals surface area (Å²) in [6.07, 6.45) is 4.56. The lowest BCUT2D eigenvalue weighted by molar-refractivity contribution is -0.985. The minimum Gasteiger partial charge on any atom is -0.495 e. The number of benzene rings is 2. The summed E-state index contributed by atoms with van der Waals surface area (Å²) in [7, 11) is 3.50. The van der Waals surface area contributed by atoms with E-state index in [1.165, 1.54) is 41.6 Å². The summed E-state index contributed by atoms with van der Waals surface area (Å²) < 4.78 is 18.3. The summed E-state index contributed by atoms with van der Waals surface area (Å²) in [5.74, 6) is 1.73. The third-order valence-electron chi connectivity index (χ3n) is 8.54. The largest absolute Gasteiger partial charge is 0.495 e. The maximum atomic E-state index is 6.31. The van der Waals surface area contributed by atoms with Gasteiger partial charge in [-0.2, -0.15) is 0 Å². The van der Waals surface area contributed by atoms with E-state index in [0.29, 0.717) is 30.3 Å². The molecule has 0 radical (unpaired) electrons. The lowest BCUT2D eigenvalue weighted by Crippen LogP contribution is -2.69. The molecule has 0 spiro atoms. The molecule has 7 heteroatoms. The van der Waals surface area contributed by atoms with Crippen molar-refractivity contribution < 1.29 is 18.7 Å². The first-order valence-electron chi connectivity index (χ1n) is 13.3. The highest BCUT2D eigenvalue weighted by Gasteiger charge is 2.50. The summed E-state index contributed by atoms with van der Waals surface area (Å²) in [6.45, 7) is 10.7. The van der Waals surface area contributed by atoms with Gasteiger partial charge in [0, 0.05) is 37.3 Å². The first kappa shape index (κ1) is 27.1. The van der Waals surface area contributed by atoms with Gasteiger partial charge in [0.05, 0.1) is 45.0 Å². The van der Waals surface area contributed by atoms with Gasteiger partial charge in [0.15, 0.2) is 0 Å². The Hall–Kier alpha value is -1.99. The predicted octanol–water partition coefficient (Wildman–Crippen LogP) is 5.27. The zero-order valence-corrected chi connectivity index (χ0v) is 23.2. The quantitative estimate of drug-likeness (QED) is 0.344. The van der Waals surface area contributed by atoms with Crippen LogP contribution in [0, 0.1) is 13.8 Å². The molecule has 0 aromatic heterocycles. The van der Waals surface area contributed by atoms with Crippen LogP contribution in [-0.4, -0.2) is 70.7 Å². The molecule has 2 N–H and O–H groups in total. The molecule has 0 amide bonds. The van der Waals surface area contributed by atoms with Gasteiger partial charge in [0.2, 0.25) is 0 Å². The molecule has 0 bridgehead atoms. The van der Waals surface area contributed by atoms with Crippen LogP contribution in [0.2, 0.25) is 5.02 Å². The first-order chi connectivity index (χ1) is 17.4. The lowest BCUT2D eigenvalue weighted by atomic mass is 9.83. The second-order valence-electron chi connectivity index (χ2n) is 10.3. The normalized spacial score (nSPS) is 23.9. The van der Waals surface area contributed by atoms with E-state index in [1.54, 1.807) is 7.11 Å². The number of rotatable bonds is 10. The average molecular weight is 517 g/mol. The van der Waals surface area contributed by atoms with Gasteiger partial charge < -0.3 is 29.3 Å². The number of hydrogen-bond acceptors (Lipinski definition) is 5. The van der Waals surface area contributed by atoms with Crippen molar-refractivity contribution in [2.24, 2.45) is 5.73 Å². The van der Waals surface area contributed by atoms with Crippen LogP contribution in [0.5, 0.6) is 11.5 Å². The highest BCUT2D eigenvalue weighted by molar-refractivity contribution is 6.32. The minimum absolute atomic E-state index is 0.470. The Kier molecular flexibility index (Phi) is 9.05. The third-order valence-corrected chi connectivity index (χ3v) is 8.85. The minimum atomic E-state index is 0.470. The van der Waals surface area contributed by atoms with E-state index in [1.807, 2.05) is 13.2 Å². The van der Waals surface area contributed by atoms with E-state index < -0.39 is 0 Å². The second-order valence-corrected chi connectivity index (χ2v) is 10.7. The van der Waals surface area contributed by atoms with E-state index in [2.05, 4.69) is 43.0 Å². The number of anilines is 1. The Bertz CT molecular complexity index is 1030. The van der Waals surface area contributed by atoms with E-state index in [9.17, 15) is 0 Å². The summed E-state index contributed by atoms with van der Waals surface area (Å²) in [5.41, 5.74) is 10.9. The van der Waals surface area contributed by atoms with Crippen molar-refractivity contribution in [2.75, 3.05) is 65.1 Å². The molecule has 3 atom stereocenters. The van der Waals surface area contributed by atoms with Crippen molar-refractivity contribution in [3.8, 4) is 11.5 Å². The molecule has 2 fully saturated rings. The molecule has 4 rings (SSSR count). The maximum absolute atomic E-state index is 6.31. The number of piperidine rings is 1. The summed E-state index contributed by atoms with van der Waals surface area (Å²) in [6, 6.07) is 11.7. The number of nitrogens with two attached hydrogens (primary N) is 1. The molecule has 1 unspecified atom stereocenters. The third kappa shape index (κ3) is 5.33. The van der Waals surface area contributed by atoms with Crippen LogP contribution in [-0.2, 0) is 4.74 Å². The Morgan fingerprint density at radius 3 is 2.64 bits per heavy atom. The standard InChI is InChI=1S/C29H43ClN3O3/c1-21-22(2)28(36-17-6-13-31)12-10-25(21)27-8-5-7-24-20-32(14-15-33(24,27)16-18-34-3)23-9-11-26(30)29(19-23)35-4/h9-12,19,24,27H,5-8,13-18,20,31H2,1-4H3/q+1/t24-,27+,33?/m0/s1. The van der Waals surface area contributed by atoms with Crippen LogP contribution in [0.3, 0.4) is 0 Å². The molecule has 2 aromatic carbocycles. The molecular weight excluding hydrogens is 474 g/mol. The Labute approximate surface area is 221 Å². The molecule has 2 heterocycles. The van der Waals surface area contributed by atoms with Crippen LogP contribution in [0.1, 0.15) is 48.4 Å². The monoisotopic (exact) mass is 516 g/mol. The zero-order chi connectivity index (χ0) is 25.7. The molecule has 36 heavy (non-hydrogen) atoms. The molecule has 2 aliphatic heterocycles. The number of ether oxygens (including phenoxy) is 3. The maximum Gasteiger partial charge on any atom is 0.139 e. The highest BCUT2D eigenvalue weighted by Crippen LogP contribution is 2.46. The SMILES string of the molecule is COCC[N+]12CCN(c3ccc(Cl)c(OC)c3)C[C@@H]1CCC[C@@H]2c1ccc(OCCCN)c(C)c1C. The topological polar surface area (TPSA) is 57.0 Å². The van der Waals surface area contributed by atoms with Crippen LogP contribution in [0.15, 0.2) is 30.3 Å². The van der Waals surface area contributed by atoms with E-state index in [4.69, 9.17) is 31.5 Å². The fourth-order valence-corrected chi connectivity index (χ4v) is 6.58. The van der Waals surface area contributed by atoms with E-state index in [0.717, 1.165) is 55.2 Å². The Morgan fingerprint density at radius 1 is 1.06 bits per heavy atom. The number of quaternary nitrogens is 1. The van der Waals surface area contributed by atoms with Crippen LogP contribution in [0.25, 0.3) is 0 Å². The smallest absolute Gasteiger partial charge is 0.139 e. The molecule has 2 aromatic rings. The number of piperazine rings is 1. The Morgan fingerprint density at radius 2 is 1.89 bits per heavy atom. The van der Waals surface area contributed by atoms with Gasteiger partial charge in [0.1, 0.15) is 30.1 Å². The average Bonchev–Trinajstić information content (AvgIpc) is 2.90. The van der Waals surface area contributed by atoms with Gasteiger partial charge in [0.25, 0.3) is 0 Å². The van der Waals surface area contributed by atoms with Crippen molar-refractivity contribution in [3.05, 3.63) is 52.0 Å². The molecule has 2 saturated heterocycles. The van der Waals surface area contributed by atoms with Crippen LogP contribution >= 0.6 is 11.6 Å². The molecule has 198 valence electrons. The summed E-state index contributed by atoms with van der Waals surface area (Å²) in [5, 5.41) is 0.655. The van der Waals surface area contributed by atoms with E-state index >= 15 is 0 Å². The zero-order valence-electron chi connectivity index (χ0n) is 22.4. The van der Waals surface area contributed by atoms with Crippen LogP contribution < -0.4 is 20.1 Å². The Balaban J connectivity index is 1.63. The molecule has 0 saturated carbocycles. The summed E-state index contributed by atoms with van der Waals surface area (Å²) >= 11 is 6.31. The number of nitrogens with zero attached hydrogens (tertiary/aromatic N) is 2. The van der Waals surface area contributed by atoms with Gasteiger partial charge >= 0.3 is 0 Å². The van der Waals surface area contributed by atoms with Crippen molar-refractivity contribution >= 4 is 17.3 Å². The molecule has 2 aliphatic rings. The van der Waals surface area contributed by atoms with Gasteiger partial charge in [-0.25, -0.2) is 0 Å². The molecule has 0 aliphatic carbocycles. The predicted molar refractivity (Wildman–Crippen MR) is 148 cm³/mol. The fraction of sp³-hybridized carbons (Fsp3) is 0.586. The van der Waals surface area contributed by atoms with Gasteiger partial charge in [-0.3, -0.25) is 0 Å². The number of hydrogen-bond donors (Lipinski definition) is 1. The lowest BCUT2D eigenvalue weighted by Gasteiger charge is -2.57. The van der Waals surface area contributed by atoms with Crippen molar-refractivity contribution in [1.82, 2.24) is 0 Å². The number of halogens is 1. The van der Waals surface area contributed by atoms with Gasteiger partial charge in [-0.05, 0) is 68.6 Å². The van der Waals surface area contributed by atoms with Gasteiger partial charge in [-0.1, -0.05) is 11.6 Å². The second kappa shape index (κ2) is 12.0. The van der Waals surface area contributed by atoms with Crippen molar-refractivity contribution in [3.63, 3.8) is 0 Å². The molecular formula is C29H43ClN3O3+. The number of methoxy groups -OCH3 is 2. The van der Waals surface area contributed by atoms with Crippen LogP contribution in [0.4, 0.5) is 5.69 Å². The highest BCUT2D eigenvalue weighted by atomic mass is 35.5. The number of fused-ring (bicyclic) bond motifs is 1. The van der Waals surface area contributed by atoms with Crippen molar-refractivity contribution in [2.45, 2.75) is 51.6 Å². The van der Waals surface area contributed by atoms with E-state index in [-0.39, 0.29) is 0 Å². The fourth-order valence-electron chi connectivity index (χ4n) is 6.38.